The number of aromatic hydroxyl groups is 1. The van der Waals surface area contributed by atoms with Crippen molar-refractivity contribution in [3.63, 3.8) is 0 Å². The number of fused-ring (bicyclic) bond motifs is 9. The van der Waals surface area contributed by atoms with Crippen molar-refractivity contribution in [1.82, 2.24) is 9.88 Å². The average Bonchev–Trinajstić information content (AvgIpc) is 3.57. The van der Waals surface area contributed by atoms with E-state index in [4.69, 9.17) is 9.47 Å². The van der Waals surface area contributed by atoms with Gasteiger partial charge in [0.25, 0.3) is 0 Å². The van der Waals surface area contributed by atoms with Crippen LogP contribution >= 0.6 is 23.1 Å². The van der Waals surface area contributed by atoms with Crippen LogP contribution in [0.4, 0.5) is 0 Å². The Morgan fingerprint density at radius 1 is 1.11 bits per heavy atom. The molecule has 6 rings (SSSR count). The lowest BCUT2D eigenvalue weighted by Crippen LogP contribution is -2.44. The third-order valence-electron chi connectivity index (χ3n) is 8.36. The number of hydrogen-bond acceptors (Lipinski definition) is 9. The van der Waals surface area contributed by atoms with E-state index in [9.17, 15) is 29.4 Å². The van der Waals surface area contributed by atoms with E-state index in [0.29, 0.717) is 6.42 Å². The van der Waals surface area contributed by atoms with Gasteiger partial charge in [-0.15, -0.1) is 11.8 Å². The van der Waals surface area contributed by atoms with Gasteiger partial charge >= 0.3 is 10.8 Å². The minimum Gasteiger partial charge on any atom is -0.502 e. The molecule has 36 heavy (non-hydrogen) atoms. The summed E-state index contributed by atoms with van der Waals surface area (Å²) in [4.78, 5) is 55.4. The Balaban J connectivity index is 1.48. The van der Waals surface area contributed by atoms with E-state index >= 15 is 0 Å². The molecule has 1 aromatic heterocycles. The van der Waals surface area contributed by atoms with Gasteiger partial charge in [0.05, 0.1) is 31.1 Å². The Bertz CT molecular complexity index is 1340. The first-order valence-corrected chi connectivity index (χ1v) is 13.3. The number of rotatable bonds is 5. The lowest BCUT2D eigenvalue weighted by molar-refractivity contribution is -0.154. The summed E-state index contributed by atoms with van der Waals surface area (Å²) >= 11 is 2.67. The van der Waals surface area contributed by atoms with Crippen molar-refractivity contribution in [3.05, 3.63) is 32.2 Å². The zero-order chi connectivity index (χ0) is 25.6. The van der Waals surface area contributed by atoms with Crippen molar-refractivity contribution in [3.8, 4) is 17.2 Å². The lowest BCUT2D eigenvalue weighted by atomic mass is 9.68. The van der Waals surface area contributed by atoms with Crippen molar-refractivity contribution in [2.24, 2.45) is 29.6 Å². The standard InChI is InChI=1S/C24H24N2O8S2/c1-7(23(30)31)26-21(28)15-9-6-10(16(15)22(26)29)18-14(9)13(19-20(35-18)25-24(32)36-19)8-4-11(33-2)17(27)12(5-8)34-3/h4-5,7,9-10,13-16,18,27H,6H2,1-3H3,(H,25,32)(H,30,31)/t7-,9-,10+,13-,14+,15+,16+,18-/m1/s1. The molecule has 2 amide bonds. The minimum atomic E-state index is -1.22. The summed E-state index contributed by atoms with van der Waals surface area (Å²) in [5.41, 5.74) is 0.782. The highest BCUT2D eigenvalue weighted by molar-refractivity contribution is 8.00. The van der Waals surface area contributed by atoms with Gasteiger partial charge < -0.3 is 24.7 Å². The molecule has 8 atom stereocenters. The van der Waals surface area contributed by atoms with E-state index in [0.717, 1.165) is 31.7 Å². The SMILES string of the molecule is COc1cc([C@H]2c3sc(=O)[nH]c3S[C@@H]3[C@H]4C[C@@H]([C@@H]5C(=O)N([C@H](C)C(=O)O)C(=O)[C@@H]45)[C@@H]23)cc(OC)c1O. The maximum absolute atomic E-state index is 13.5. The number of thiazole rings is 1. The molecule has 3 fully saturated rings. The van der Waals surface area contributed by atoms with Crippen molar-refractivity contribution in [2.75, 3.05) is 14.2 Å². The number of carboxylic acid groups (broad SMARTS) is 1. The minimum absolute atomic E-state index is 0.0402. The summed E-state index contributed by atoms with van der Waals surface area (Å²) in [6, 6.07) is 2.24. The number of aromatic nitrogens is 1. The summed E-state index contributed by atoms with van der Waals surface area (Å²) in [6.45, 7) is 1.36. The molecule has 2 aliphatic heterocycles. The van der Waals surface area contributed by atoms with Crippen LogP contribution in [0.1, 0.15) is 29.7 Å². The number of phenolic OH excluding ortho intramolecular Hbond substituents is 1. The Morgan fingerprint density at radius 2 is 1.72 bits per heavy atom. The van der Waals surface area contributed by atoms with Crippen LogP contribution in [-0.2, 0) is 14.4 Å². The summed E-state index contributed by atoms with van der Waals surface area (Å²) in [5.74, 6) is -3.44. The van der Waals surface area contributed by atoms with Gasteiger partial charge in [0.1, 0.15) is 6.04 Å². The lowest BCUT2D eigenvalue weighted by Gasteiger charge is -2.43. The smallest absolute Gasteiger partial charge is 0.326 e. The Morgan fingerprint density at radius 3 is 2.31 bits per heavy atom. The summed E-state index contributed by atoms with van der Waals surface area (Å²) in [6.07, 6.45) is 0.687. The molecule has 2 saturated carbocycles. The number of benzene rings is 1. The molecular formula is C24H24N2O8S2. The largest absolute Gasteiger partial charge is 0.502 e. The van der Waals surface area contributed by atoms with E-state index in [1.54, 1.807) is 23.9 Å². The van der Waals surface area contributed by atoms with Crippen molar-refractivity contribution in [2.45, 2.75) is 35.6 Å². The number of aliphatic carboxylic acids is 1. The number of carbonyl (C=O) groups excluding carboxylic acids is 2. The van der Waals surface area contributed by atoms with E-state index < -0.39 is 35.7 Å². The number of H-pyrrole nitrogens is 1. The van der Waals surface area contributed by atoms with Crippen LogP contribution in [0.3, 0.4) is 0 Å². The van der Waals surface area contributed by atoms with Gasteiger partial charge in [-0.05, 0) is 48.8 Å². The molecule has 0 unspecified atom stereocenters. The number of aromatic amines is 1. The zero-order valence-corrected chi connectivity index (χ0v) is 21.2. The van der Waals surface area contributed by atoms with Crippen molar-refractivity contribution < 1.29 is 34.1 Å². The monoisotopic (exact) mass is 532 g/mol. The Kier molecular flexibility index (Phi) is 5.21. The van der Waals surface area contributed by atoms with Crippen LogP contribution < -0.4 is 14.3 Å². The number of phenols is 1. The molecule has 3 N–H and O–H groups in total. The van der Waals surface area contributed by atoms with E-state index in [1.165, 1.54) is 21.1 Å². The van der Waals surface area contributed by atoms with Gasteiger partial charge in [-0.1, -0.05) is 11.3 Å². The number of nitrogens with zero attached hydrogens (tertiary/aromatic N) is 1. The van der Waals surface area contributed by atoms with Crippen LogP contribution in [0.15, 0.2) is 22.0 Å². The van der Waals surface area contributed by atoms with Gasteiger partial charge in [-0.3, -0.25) is 19.3 Å². The fourth-order valence-electron chi connectivity index (χ4n) is 7.00. The van der Waals surface area contributed by atoms with Gasteiger partial charge in [0.2, 0.25) is 17.6 Å². The van der Waals surface area contributed by atoms with Crippen LogP contribution in [0.25, 0.3) is 0 Å². The molecule has 3 heterocycles. The maximum Gasteiger partial charge on any atom is 0.326 e. The van der Waals surface area contributed by atoms with Crippen LogP contribution in [0.2, 0.25) is 0 Å². The molecular weight excluding hydrogens is 508 g/mol. The summed E-state index contributed by atoms with van der Waals surface area (Å²) in [5, 5.41) is 20.7. The summed E-state index contributed by atoms with van der Waals surface area (Å²) < 4.78 is 10.8. The average molecular weight is 533 g/mol. The number of likely N-dealkylation sites (tertiary alicyclic amines) is 1. The fourth-order valence-corrected chi connectivity index (χ4v) is 9.89. The molecule has 190 valence electrons. The number of methoxy groups -OCH3 is 2. The number of carboxylic acids is 1. The van der Waals surface area contributed by atoms with Crippen LogP contribution in [0, 0.1) is 29.6 Å². The molecule has 1 saturated heterocycles. The highest BCUT2D eigenvalue weighted by Gasteiger charge is 2.70. The molecule has 1 aromatic carbocycles. The second-order valence-electron chi connectivity index (χ2n) is 9.80. The number of thioether (sulfide) groups is 1. The van der Waals surface area contributed by atoms with E-state index in [1.807, 2.05) is 0 Å². The van der Waals surface area contributed by atoms with Gasteiger partial charge in [0, 0.05) is 16.0 Å². The number of hydrogen-bond donors (Lipinski definition) is 3. The predicted octanol–water partition coefficient (Wildman–Crippen LogP) is 2.11. The van der Waals surface area contributed by atoms with E-state index in [2.05, 4.69) is 4.98 Å². The van der Waals surface area contributed by atoms with E-state index in [-0.39, 0.29) is 51.0 Å². The van der Waals surface area contributed by atoms with Gasteiger partial charge in [-0.25, -0.2) is 4.79 Å². The molecule has 12 heteroatoms. The molecule has 4 aliphatic rings. The molecule has 2 bridgehead atoms. The second-order valence-corrected chi connectivity index (χ2v) is 12.0. The van der Waals surface area contributed by atoms with Crippen molar-refractivity contribution in [1.29, 1.82) is 0 Å². The maximum atomic E-state index is 13.5. The molecule has 10 nitrogen and oxygen atoms in total. The zero-order valence-electron chi connectivity index (χ0n) is 19.6. The molecule has 0 radical (unpaired) electrons. The number of imide groups is 1. The highest BCUT2D eigenvalue weighted by Crippen LogP contribution is 2.69. The van der Waals surface area contributed by atoms with Crippen LogP contribution in [-0.4, -0.2) is 63.4 Å². The van der Waals surface area contributed by atoms with Crippen molar-refractivity contribution >= 4 is 40.9 Å². The first-order chi connectivity index (χ1) is 17.2. The molecule has 2 aliphatic carbocycles. The first kappa shape index (κ1) is 23.4. The highest BCUT2D eigenvalue weighted by atomic mass is 32.2. The predicted molar refractivity (Wildman–Crippen MR) is 129 cm³/mol. The van der Waals surface area contributed by atoms with Crippen LogP contribution in [0.5, 0.6) is 17.2 Å². The molecule has 2 aromatic rings. The Labute approximate surface area is 213 Å². The first-order valence-electron chi connectivity index (χ1n) is 11.6. The van der Waals surface area contributed by atoms with Gasteiger partial charge in [-0.2, -0.15) is 0 Å². The third-order valence-corrected chi connectivity index (χ3v) is 11.0. The second kappa shape index (κ2) is 8.01. The number of amides is 2. The normalized spacial score (nSPS) is 32.8. The van der Waals surface area contributed by atoms with Gasteiger partial charge in [0.15, 0.2) is 11.5 Å². The number of ether oxygens (including phenoxy) is 2. The number of carbonyl (C=O) groups is 3. The fraction of sp³-hybridized carbons (Fsp3) is 0.500. The number of nitrogens with one attached hydrogen (secondary N) is 1. The molecule has 0 spiro atoms. The Hall–Kier alpha value is -2.99. The quantitative estimate of drug-likeness (QED) is 0.493. The third kappa shape index (κ3) is 2.97. The topological polar surface area (TPSA) is 146 Å². The summed E-state index contributed by atoms with van der Waals surface area (Å²) in [7, 11) is 2.89.